The summed E-state index contributed by atoms with van der Waals surface area (Å²) in [5, 5.41) is 3.07. The van der Waals surface area contributed by atoms with E-state index in [0.717, 1.165) is 32.5 Å². The van der Waals surface area contributed by atoms with Gasteiger partial charge < -0.3 is 15.1 Å². The van der Waals surface area contributed by atoms with E-state index in [1.54, 1.807) is 0 Å². The van der Waals surface area contributed by atoms with Crippen LogP contribution in [0.1, 0.15) is 25.7 Å². The number of hydrogen-bond donors (Lipinski definition) is 1. The lowest BCUT2D eigenvalue weighted by Crippen LogP contribution is -2.37. The minimum atomic E-state index is 0.0757. The maximum Gasteiger partial charge on any atom is 0.239 e. The smallest absolute Gasteiger partial charge is 0.239 e. The molecule has 0 aromatic rings. The minimum Gasteiger partial charge on any atom is -0.341 e. The number of likely N-dealkylation sites (tertiary alicyclic amines) is 2. The van der Waals surface area contributed by atoms with Gasteiger partial charge in [0.1, 0.15) is 0 Å². The van der Waals surface area contributed by atoms with Crippen molar-refractivity contribution in [1.29, 1.82) is 0 Å². The Labute approximate surface area is 98.0 Å². The Bertz CT molecular complexity index is 238. The van der Waals surface area contributed by atoms with Crippen molar-refractivity contribution in [3.8, 4) is 0 Å². The second kappa shape index (κ2) is 5.64. The second-order valence-corrected chi connectivity index (χ2v) is 4.86. The zero-order valence-corrected chi connectivity index (χ0v) is 10.2. The summed E-state index contributed by atoms with van der Waals surface area (Å²) in [6.07, 6.45) is 4.80. The fourth-order valence-corrected chi connectivity index (χ4v) is 2.72. The lowest BCUT2D eigenvalue weighted by atomic mass is 10.2. The van der Waals surface area contributed by atoms with E-state index < -0.39 is 0 Å². The molecule has 0 radical (unpaired) electrons. The molecule has 1 N–H and O–H groups in total. The van der Waals surface area contributed by atoms with Crippen LogP contribution >= 0.6 is 0 Å². The fraction of sp³-hybridized carbons (Fsp3) is 0.917. The van der Waals surface area contributed by atoms with E-state index in [-0.39, 0.29) is 6.04 Å². The van der Waals surface area contributed by atoms with Gasteiger partial charge in [0, 0.05) is 13.1 Å². The Balaban J connectivity index is 1.64. The van der Waals surface area contributed by atoms with E-state index in [9.17, 15) is 4.79 Å². The maximum absolute atomic E-state index is 11.8. The van der Waals surface area contributed by atoms with Crippen LogP contribution in [0.4, 0.5) is 0 Å². The van der Waals surface area contributed by atoms with Crippen LogP contribution in [-0.2, 0) is 4.79 Å². The summed E-state index contributed by atoms with van der Waals surface area (Å²) in [6, 6.07) is 0.0757. The molecule has 0 aromatic carbocycles. The highest BCUT2D eigenvalue weighted by atomic mass is 16.2. The van der Waals surface area contributed by atoms with E-state index in [0.29, 0.717) is 5.91 Å². The molecule has 1 unspecified atom stereocenters. The minimum absolute atomic E-state index is 0.0757. The predicted octanol–water partition coefficient (Wildman–Crippen LogP) is 0.293. The number of nitrogens with one attached hydrogen (secondary N) is 1. The largest absolute Gasteiger partial charge is 0.341 e. The highest BCUT2D eigenvalue weighted by Crippen LogP contribution is 2.12. The molecule has 0 aliphatic carbocycles. The lowest BCUT2D eigenvalue weighted by Gasteiger charge is -2.19. The summed E-state index contributed by atoms with van der Waals surface area (Å²) < 4.78 is 0. The summed E-state index contributed by atoms with van der Waals surface area (Å²) in [5.41, 5.74) is 0. The predicted molar refractivity (Wildman–Crippen MR) is 64.3 cm³/mol. The number of rotatable bonds is 5. The Hall–Kier alpha value is -0.610. The number of amides is 1. The average Bonchev–Trinajstić information content (AvgIpc) is 2.90. The van der Waals surface area contributed by atoms with Crippen molar-refractivity contribution in [2.45, 2.75) is 31.7 Å². The zero-order valence-electron chi connectivity index (χ0n) is 10.2. The molecule has 2 aliphatic rings. The molecule has 92 valence electrons. The van der Waals surface area contributed by atoms with Gasteiger partial charge in [0.15, 0.2) is 0 Å². The fourth-order valence-electron chi connectivity index (χ4n) is 2.72. The van der Waals surface area contributed by atoms with Gasteiger partial charge >= 0.3 is 0 Å². The number of nitrogens with zero attached hydrogens (tertiary/aromatic N) is 2. The highest BCUT2D eigenvalue weighted by molar-refractivity contribution is 5.83. The van der Waals surface area contributed by atoms with Crippen LogP contribution in [0, 0.1) is 0 Å². The molecular weight excluding hydrogens is 202 g/mol. The van der Waals surface area contributed by atoms with Gasteiger partial charge in [0.05, 0.1) is 6.04 Å². The first-order valence-electron chi connectivity index (χ1n) is 6.49. The summed E-state index contributed by atoms with van der Waals surface area (Å²) in [7, 11) is 1.87. The van der Waals surface area contributed by atoms with Crippen LogP contribution in [0.3, 0.4) is 0 Å². The van der Waals surface area contributed by atoms with Gasteiger partial charge in [-0.25, -0.2) is 0 Å². The summed E-state index contributed by atoms with van der Waals surface area (Å²) in [5.74, 6) is 0.295. The number of hydrogen-bond acceptors (Lipinski definition) is 3. The number of carbonyl (C=O) groups excluding carboxylic acids is 1. The molecule has 0 bridgehead atoms. The third kappa shape index (κ3) is 2.74. The third-order valence-corrected chi connectivity index (χ3v) is 3.75. The van der Waals surface area contributed by atoms with Crippen LogP contribution in [0.2, 0.25) is 0 Å². The quantitative estimate of drug-likeness (QED) is 0.730. The summed E-state index contributed by atoms with van der Waals surface area (Å²) in [4.78, 5) is 16.3. The van der Waals surface area contributed by atoms with Crippen LogP contribution in [0.15, 0.2) is 0 Å². The lowest BCUT2D eigenvalue weighted by molar-refractivity contribution is -0.129. The summed E-state index contributed by atoms with van der Waals surface area (Å²) in [6.45, 7) is 5.55. The van der Waals surface area contributed by atoms with Crippen molar-refractivity contribution in [3.63, 3.8) is 0 Å². The molecule has 1 atom stereocenters. The zero-order chi connectivity index (χ0) is 11.4. The van der Waals surface area contributed by atoms with Gasteiger partial charge in [-0.1, -0.05) is 0 Å². The average molecular weight is 225 g/mol. The van der Waals surface area contributed by atoms with E-state index in [4.69, 9.17) is 0 Å². The molecule has 1 amide bonds. The normalized spacial score (nSPS) is 26.9. The Kier molecular flexibility index (Phi) is 4.18. The SMILES string of the molecule is CNC1CCN(CCCN2CCCC2)C1=O. The Morgan fingerprint density at radius 3 is 2.62 bits per heavy atom. The molecule has 0 aromatic heterocycles. The van der Waals surface area contributed by atoms with Gasteiger partial charge in [-0.05, 0) is 52.4 Å². The van der Waals surface area contributed by atoms with E-state index in [1.807, 2.05) is 11.9 Å². The first-order chi connectivity index (χ1) is 7.81. The van der Waals surface area contributed by atoms with Crippen molar-refractivity contribution in [2.24, 2.45) is 0 Å². The number of likely N-dealkylation sites (N-methyl/N-ethyl adjacent to an activating group) is 1. The number of carbonyl (C=O) groups is 1. The maximum atomic E-state index is 11.8. The van der Waals surface area contributed by atoms with Crippen LogP contribution < -0.4 is 5.32 Å². The molecule has 2 saturated heterocycles. The molecule has 2 heterocycles. The Morgan fingerprint density at radius 2 is 2.00 bits per heavy atom. The van der Waals surface area contributed by atoms with Gasteiger partial charge in [-0.15, -0.1) is 0 Å². The van der Waals surface area contributed by atoms with Gasteiger partial charge in [0.25, 0.3) is 0 Å². The molecule has 16 heavy (non-hydrogen) atoms. The topological polar surface area (TPSA) is 35.6 Å². The van der Waals surface area contributed by atoms with E-state index >= 15 is 0 Å². The third-order valence-electron chi connectivity index (χ3n) is 3.75. The van der Waals surface area contributed by atoms with Crippen LogP contribution in [0.25, 0.3) is 0 Å². The van der Waals surface area contributed by atoms with Crippen LogP contribution in [-0.4, -0.2) is 61.5 Å². The molecule has 4 heteroatoms. The van der Waals surface area contributed by atoms with Crippen molar-refractivity contribution >= 4 is 5.91 Å². The molecular formula is C12H23N3O. The molecule has 2 aliphatic heterocycles. The van der Waals surface area contributed by atoms with Crippen molar-refractivity contribution < 1.29 is 4.79 Å². The molecule has 0 spiro atoms. The first kappa shape index (κ1) is 11.9. The molecule has 2 fully saturated rings. The van der Waals surface area contributed by atoms with Gasteiger partial charge in [0.2, 0.25) is 5.91 Å². The van der Waals surface area contributed by atoms with E-state index in [2.05, 4.69) is 10.2 Å². The molecule has 0 saturated carbocycles. The molecule has 2 rings (SSSR count). The van der Waals surface area contributed by atoms with Gasteiger partial charge in [-0.3, -0.25) is 4.79 Å². The monoisotopic (exact) mass is 225 g/mol. The first-order valence-corrected chi connectivity index (χ1v) is 6.49. The standard InChI is InChI=1S/C12H23N3O/c1-13-11-5-10-15(12(11)16)9-4-8-14-6-2-3-7-14/h11,13H,2-10H2,1H3. The van der Waals surface area contributed by atoms with E-state index in [1.165, 1.54) is 25.9 Å². The highest BCUT2D eigenvalue weighted by Gasteiger charge is 2.29. The van der Waals surface area contributed by atoms with Crippen LogP contribution in [0.5, 0.6) is 0 Å². The molecule has 4 nitrogen and oxygen atoms in total. The summed E-state index contributed by atoms with van der Waals surface area (Å²) >= 11 is 0. The Morgan fingerprint density at radius 1 is 1.25 bits per heavy atom. The van der Waals surface area contributed by atoms with Crippen molar-refractivity contribution in [2.75, 3.05) is 39.8 Å². The van der Waals surface area contributed by atoms with Crippen molar-refractivity contribution in [3.05, 3.63) is 0 Å². The van der Waals surface area contributed by atoms with Gasteiger partial charge in [-0.2, -0.15) is 0 Å². The second-order valence-electron chi connectivity index (χ2n) is 4.86. The van der Waals surface area contributed by atoms with Crippen molar-refractivity contribution in [1.82, 2.24) is 15.1 Å².